The minimum Gasteiger partial charge on any atom is -0.338 e. The first-order chi connectivity index (χ1) is 9.61. The molecule has 20 heavy (non-hydrogen) atoms. The Kier molecular flexibility index (Phi) is 4.68. The van der Waals surface area contributed by atoms with E-state index in [0.717, 1.165) is 12.8 Å². The van der Waals surface area contributed by atoms with Crippen molar-refractivity contribution in [2.24, 2.45) is 5.92 Å². The number of carbonyl (C=O) groups is 2. The van der Waals surface area contributed by atoms with Crippen LogP contribution < -0.4 is 5.48 Å². The maximum Gasteiger partial charge on any atom is 0.253 e. The maximum atomic E-state index is 12.9. The lowest BCUT2D eigenvalue weighted by Gasteiger charge is -2.31. The molecule has 2 amide bonds. The largest absolute Gasteiger partial charge is 0.338 e. The molecular formula is C14H17FN2O3. The number of nitrogens with zero attached hydrogens (tertiary/aromatic N) is 1. The molecule has 1 heterocycles. The van der Waals surface area contributed by atoms with Gasteiger partial charge in [-0.2, -0.15) is 0 Å². The zero-order valence-electron chi connectivity index (χ0n) is 11.3. The minimum atomic E-state index is -0.377. The molecule has 0 radical (unpaired) electrons. The highest BCUT2D eigenvalue weighted by Crippen LogP contribution is 2.19. The lowest BCUT2D eigenvalue weighted by Crippen LogP contribution is -2.45. The van der Waals surface area contributed by atoms with Crippen LogP contribution in [-0.4, -0.2) is 36.9 Å². The minimum absolute atomic E-state index is 0.181. The monoisotopic (exact) mass is 280 g/mol. The molecule has 1 saturated heterocycles. The lowest BCUT2D eigenvalue weighted by molar-refractivity contribution is -0.136. The van der Waals surface area contributed by atoms with E-state index in [-0.39, 0.29) is 23.5 Å². The number of halogens is 1. The molecule has 0 spiro atoms. The number of hydroxylamine groups is 1. The van der Waals surface area contributed by atoms with E-state index in [9.17, 15) is 14.0 Å². The summed E-state index contributed by atoms with van der Waals surface area (Å²) in [4.78, 5) is 30.2. The van der Waals surface area contributed by atoms with Gasteiger partial charge in [-0.05, 0) is 37.1 Å². The van der Waals surface area contributed by atoms with Crippen LogP contribution in [0, 0.1) is 11.7 Å². The summed E-state index contributed by atoms with van der Waals surface area (Å²) in [6, 6.07) is 5.42. The van der Waals surface area contributed by atoms with Gasteiger partial charge < -0.3 is 4.90 Å². The molecule has 1 atom stereocenters. The van der Waals surface area contributed by atoms with Crippen molar-refractivity contribution in [3.8, 4) is 0 Å². The van der Waals surface area contributed by atoms with Crippen LogP contribution in [0.4, 0.5) is 4.39 Å². The molecule has 0 aliphatic carbocycles. The molecular weight excluding hydrogens is 263 g/mol. The Bertz CT molecular complexity index is 490. The van der Waals surface area contributed by atoms with Gasteiger partial charge in [0, 0.05) is 18.7 Å². The second-order valence-electron chi connectivity index (χ2n) is 4.77. The number of rotatable bonds is 3. The summed E-state index contributed by atoms with van der Waals surface area (Å²) in [5.74, 6) is -1.05. The van der Waals surface area contributed by atoms with Crippen molar-refractivity contribution in [1.82, 2.24) is 10.4 Å². The predicted molar refractivity (Wildman–Crippen MR) is 70.2 cm³/mol. The highest BCUT2D eigenvalue weighted by Gasteiger charge is 2.28. The Morgan fingerprint density at radius 3 is 2.70 bits per heavy atom. The molecule has 6 heteroatoms. The van der Waals surface area contributed by atoms with Crippen LogP contribution in [0.15, 0.2) is 24.3 Å². The summed E-state index contributed by atoms with van der Waals surface area (Å²) in [5.41, 5.74) is 2.73. The number of amides is 2. The van der Waals surface area contributed by atoms with Crippen LogP contribution in [0.1, 0.15) is 23.2 Å². The number of nitrogens with one attached hydrogen (secondary N) is 1. The Morgan fingerprint density at radius 2 is 2.05 bits per heavy atom. The summed E-state index contributed by atoms with van der Waals surface area (Å²) in [6.07, 6.45) is 1.48. The third-order valence-corrected chi connectivity index (χ3v) is 3.37. The summed E-state index contributed by atoms with van der Waals surface area (Å²) in [7, 11) is 1.38. The Hall–Kier alpha value is -1.95. The van der Waals surface area contributed by atoms with Gasteiger partial charge in [-0.3, -0.25) is 14.4 Å². The molecule has 1 unspecified atom stereocenters. The van der Waals surface area contributed by atoms with E-state index >= 15 is 0 Å². The van der Waals surface area contributed by atoms with Crippen molar-refractivity contribution in [3.05, 3.63) is 35.6 Å². The molecule has 108 valence electrons. The number of hydrogen-bond donors (Lipinski definition) is 1. The molecule has 0 bridgehead atoms. The zero-order chi connectivity index (χ0) is 14.5. The van der Waals surface area contributed by atoms with Crippen LogP contribution in [-0.2, 0) is 9.63 Å². The van der Waals surface area contributed by atoms with Gasteiger partial charge in [0.05, 0.1) is 13.0 Å². The molecule has 5 nitrogen and oxygen atoms in total. The van der Waals surface area contributed by atoms with Crippen molar-refractivity contribution in [1.29, 1.82) is 0 Å². The first-order valence-corrected chi connectivity index (χ1v) is 6.49. The average molecular weight is 280 g/mol. The molecule has 1 aromatic rings. The van der Waals surface area contributed by atoms with Gasteiger partial charge in [-0.25, -0.2) is 9.87 Å². The van der Waals surface area contributed by atoms with E-state index in [0.29, 0.717) is 18.7 Å². The molecule has 1 aromatic carbocycles. The third-order valence-electron chi connectivity index (χ3n) is 3.37. The first-order valence-electron chi connectivity index (χ1n) is 6.49. The van der Waals surface area contributed by atoms with E-state index in [1.807, 2.05) is 0 Å². The number of benzene rings is 1. The highest BCUT2D eigenvalue weighted by atomic mass is 19.1. The molecule has 0 aromatic heterocycles. The summed E-state index contributed by atoms with van der Waals surface area (Å²) in [5, 5.41) is 0. The Balaban J connectivity index is 2.03. The number of hydrogen-bond acceptors (Lipinski definition) is 3. The van der Waals surface area contributed by atoms with E-state index in [4.69, 9.17) is 0 Å². The molecule has 1 fully saturated rings. The van der Waals surface area contributed by atoms with Crippen molar-refractivity contribution >= 4 is 11.8 Å². The summed E-state index contributed by atoms with van der Waals surface area (Å²) in [6.45, 7) is 0.957. The highest BCUT2D eigenvalue weighted by molar-refractivity contribution is 5.94. The van der Waals surface area contributed by atoms with E-state index in [1.165, 1.54) is 31.4 Å². The predicted octanol–water partition coefficient (Wildman–Crippen LogP) is 1.36. The smallest absolute Gasteiger partial charge is 0.253 e. The van der Waals surface area contributed by atoms with Gasteiger partial charge in [0.1, 0.15) is 5.82 Å². The van der Waals surface area contributed by atoms with E-state index in [1.54, 1.807) is 4.90 Å². The van der Waals surface area contributed by atoms with Crippen LogP contribution in [0.5, 0.6) is 0 Å². The van der Waals surface area contributed by atoms with Gasteiger partial charge >= 0.3 is 0 Å². The van der Waals surface area contributed by atoms with Crippen LogP contribution in [0.3, 0.4) is 0 Å². The van der Waals surface area contributed by atoms with Crippen LogP contribution in [0.2, 0.25) is 0 Å². The number of piperidine rings is 1. The molecule has 1 N–H and O–H groups in total. The molecule has 0 saturated carbocycles. The summed E-state index contributed by atoms with van der Waals surface area (Å²) < 4.78 is 12.9. The first kappa shape index (κ1) is 14.5. The van der Waals surface area contributed by atoms with Crippen molar-refractivity contribution < 1.29 is 18.8 Å². The number of likely N-dealkylation sites (tertiary alicyclic amines) is 1. The maximum absolute atomic E-state index is 12.9. The van der Waals surface area contributed by atoms with Gasteiger partial charge in [-0.15, -0.1) is 0 Å². The summed E-state index contributed by atoms with van der Waals surface area (Å²) >= 11 is 0. The fourth-order valence-electron chi connectivity index (χ4n) is 2.33. The van der Waals surface area contributed by atoms with Crippen molar-refractivity contribution in [3.63, 3.8) is 0 Å². The SMILES string of the molecule is CONC(=O)C1CCCN(C(=O)c2ccc(F)cc2)C1. The fraction of sp³-hybridized carbons (Fsp3) is 0.429. The van der Waals surface area contributed by atoms with Crippen LogP contribution >= 0.6 is 0 Å². The lowest BCUT2D eigenvalue weighted by atomic mass is 9.97. The van der Waals surface area contributed by atoms with Crippen LogP contribution in [0.25, 0.3) is 0 Å². The number of carbonyl (C=O) groups excluding carboxylic acids is 2. The molecule has 1 aliphatic heterocycles. The van der Waals surface area contributed by atoms with Gasteiger partial charge in [0.2, 0.25) is 5.91 Å². The van der Waals surface area contributed by atoms with Gasteiger partial charge in [0.15, 0.2) is 0 Å². The zero-order valence-corrected chi connectivity index (χ0v) is 11.3. The average Bonchev–Trinajstić information content (AvgIpc) is 2.48. The fourth-order valence-corrected chi connectivity index (χ4v) is 2.33. The second-order valence-corrected chi connectivity index (χ2v) is 4.77. The Labute approximate surface area is 116 Å². The van der Waals surface area contributed by atoms with Gasteiger partial charge in [-0.1, -0.05) is 0 Å². The second kappa shape index (κ2) is 6.47. The van der Waals surface area contributed by atoms with E-state index < -0.39 is 0 Å². The van der Waals surface area contributed by atoms with Crippen molar-refractivity contribution in [2.75, 3.05) is 20.2 Å². The Morgan fingerprint density at radius 1 is 1.35 bits per heavy atom. The topological polar surface area (TPSA) is 58.6 Å². The van der Waals surface area contributed by atoms with Crippen molar-refractivity contribution in [2.45, 2.75) is 12.8 Å². The molecule has 2 rings (SSSR count). The van der Waals surface area contributed by atoms with E-state index in [2.05, 4.69) is 10.3 Å². The normalized spacial score (nSPS) is 18.7. The van der Waals surface area contributed by atoms with Gasteiger partial charge in [0.25, 0.3) is 5.91 Å². The standard InChI is InChI=1S/C14H17FN2O3/c1-20-16-13(18)11-3-2-8-17(9-11)14(19)10-4-6-12(15)7-5-10/h4-7,11H,2-3,8-9H2,1H3,(H,16,18). The quantitative estimate of drug-likeness (QED) is 0.850. The third kappa shape index (κ3) is 3.33. The molecule has 1 aliphatic rings.